The van der Waals surface area contributed by atoms with Crippen LogP contribution in [0.4, 0.5) is 24.0 Å². The van der Waals surface area contributed by atoms with Crippen LogP contribution in [0.25, 0.3) is 11.3 Å². The van der Waals surface area contributed by atoms with E-state index in [1.54, 1.807) is 24.5 Å². The number of hydrogen-bond donors (Lipinski definition) is 1. The highest BCUT2D eigenvalue weighted by atomic mass is 32.1. The highest BCUT2D eigenvalue weighted by molar-refractivity contribution is 7.14. The first-order valence-electron chi connectivity index (χ1n) is 8.91. The number of rotatable bonds is 7. The summed E-state index contributed by atoms with van der Waals surface area (Å²) in [7, 11) is 0. The molecule has 0 amide bonds. The molecule has 28 heavy (non-hydrogen) atoms. The van der Waals surface area contributed by atoms with E-state index < -0.39 is 11.7 Å². The minimum Gasteiger partial charge on any atom is -0.490 e. The number of aromatic nitrogens is 2. The fourth-order valence-corrected chi connectivity index (χ4v) is 3.41. The summed E-state index contributed by atoms with van der Waals surface area (Å²) in [6, 6.07) is 7.66. The van der Waals surface area contributed by atoms with Crippen LogP contribution in [0.1, 0.15) is 32.3 Å². The summed E-state index contributed by atoms with van der Waals surface area (Å²) in [5, 5.41) is 5.28. The van der Waals surface area contributed by atoms with Crippen molar-refractivity contribution in [3.05, 3.63) is 53.7 Å². The van der Waals surface area contributed by atoms with Gasteiger partial charge in [-0.05, 0) is 43.2 Å². The van der Waals surface area contributed by atoms with Crippen molar-refractivity contribution in [2.24, 2.45) is 0 Å². The van der Waals surface area contributed by atoms with Gasteiger partial charge in [0.1, 0.15) is 5.75 Å². The zero-order valence-corrected chi connectivity index (χ0v) is 16.3. The van der Waals surface area contributed by atoms with E-state index in [2.05, 4.69) is 15.3 Å². The molecule has 4 nitrogen and oxygen atoms in total. The third kappa shape index (κ3) is 4.81. The van der Waals surface area contributed by atoms with E-state index in [0.29, 0.717) is 29.4 Å². The number of nitrogens with zero attached hydrogens (tertiary/aromatic N) is 2. The van der Waals surface area contributed by atoms with E-state index in [1.165, 1.54) is 17.4 Å². The lowest BCUT2D eigenvalue weighted by molar-refractivity contribution is -0.139. The van der Waals surface area contributed by atoms with Crippen molar-refractivity contribution in [2.45, 2.75) is 39.0 Å². The molecule has 1 N–H and O–H groups in total. The van der Waals surface area contributed by atoms with Gasteiger partial charge in [-0.2, -0.15) is 13.2 Å². The molecule has 0 spiro atoms. The van der Waals surface area contributed by atoms with Crippen LogP contribution in [0.15, 0.2) is 48.1 Å². The SMILES string of the molecule is CCC(CC)Oc1ccc(Nc2nc(-c3cccnc3)cs2)cc1C(F)(F)F. The maximum atomic E-state index is 13.5. The van der Waals surface area contributed by atoms with Crippen molar-refractivity contribution < 1.29 is 17.9 Å². The zero-order chi connectivity index (χ0) is 20.1. The van der Waals surface area contributed by atoms with Crippen molar-refractivity contribution in [3.8, 4) is 17.0 Å². The molecule has 8 heteroatoms. The van der Waals surface area contributed by atoms with Crippen LogP contribution in [0.5, 0.6) is 5.75 Å². The second-order valence-corrected chi connectivity index (χ2v) is 7.03. The van der Waals surface area contributed by atoms with E-state index in [-0.39, 0.29) is 11.9 Å². The number of benzene rings is 1. The molecule has 0 aliphatic carbocycles. The molecular formula is C20H20F3N3OS. The maximum absolute atomic E-state index is 13.5. The normalized spacial score (nSPS) is 11.6. The van der Waals surface area contributed by atoms with Crippen molar-refractivity contribution in [3.63, 3.8) is 0 Å². The van der Waals surface area contributed by atoms with E-state index >= 15 is 0 Å². The van der Waals surface area contributed by atoms with Gasteiger partial charge in [-0.25, -0.2) is 4.98 Å². The Bertz CT molecular complexity index is 909. The number of hydrogen-bond acceptors (Lipinski definition) is 5. The topological polar surface area (TPSA) is 47.0 Å². The third-order valence-corrected chi connectivity index (χ3v) is 4.96. The zero-order valence-electron chi connectivity index (χ0n) is 15.5. The lowest BCUT2D eigenvalue weighted by atomic mass is 10.1. The molecule has 1 aromatic carbocycles. The van der Waals surface area contributed by atoms with Crippen LogP contribution in [0.2, 0.25) is 0 Å². The monoisotopic (exact) mass is 407 g/mol. The van der Waals surface area contributed by atoms with Gasteiger partial charge in [0.15, 0.2) is 5.13 Å². The summed E-state index contributed by atoms with van der Waals surface area (Å²) >= 11 is 1.31. The van der Waals surface area contributed by atoms with Gasteiger partial charge >= 0.3 is 6.18 Å². The predicted molar refractivity (Wildman–Crippen MR) is 105 cm³/mol. The summed E-state index contributed by atoms with van der Waals surface area (Å²) in [6.07, 6.45) is -0.124. The molecule has 0 aliphatic rings. The predicted octanol–water partition coefficient (Wildman–Crippen LogP) is 6.53. The maximum Gasteiger partial charge on any atom is 0.420 e. The standard InChI is InChI=1S/C20H20F3N3OS/c1-3-15(4-2)27-18-8-7-14(10-16(18)20(21,22)23)25-19-26-17(12-28-19)13-6-5-9-24-11-13/h5-12,15H,3-4H2,1-2H3,(H,25,26). The number of thiazole rings is 1. The van der Waals surface area contributed by atoms with E-state index in [9.17, 15) is 13.2 Å². The fourth-order valence-electron chi connectivity index (χ4n) is 2.67. The number of ether oxygens (including phenoxy) is 1. The number of pyridine rings is 1. The van der Waals surface area contributed by atoms with Gasteiger partial charge in [0.2, 0.25) is 0 Å². The Labute approximate surface area is 165 Å². The van der Waals surface area contributed by atoms with Crippen LogP contribution in [0.3, 0.4) is 0 Å². The number of nitrogens with one attached hydrogen (secondary N) is 1. The molecule has 0 unspecified atom stereocenters. The summed E-state index contributed by atoms with van der Waals surface area (Å²) in [5.74, 6) is -0.151. The Morgan fingerprint density at radius 2 is 1.96 bits per heavy atom. The van der Waals surface area contributed by atoms with E-state index in [1.807, 2.05) is 25.3 Å². The summed E-state index contributed by atoms with van der Waals surface area (Å²) in [6.45, 7) is 3.78. The van der Waals surface area contributed by atoms with Gasteiger partial charge in [-0.15, -0.1) is 11.3 Å². The summed E-state index contributed by atoms with van der Waals surface area (Å²) in [5.41, 5.74) is 1.06. The first-order valence-corrected chi connectivity index (χ1v) is 9.79. The molecule has 0 saturated carbocycles. The first kappa shape index (κ1) is 20.1. The summed E-state index contributed by atoms with van der Waals surface area (Å²) in [4.78, 5) is 8.47. The minimum atomic E-state index is -4.51. The molecule has 2 heterocycles. The Kier molecular flexibility index (Phi) is 6.18. The second kappa shape index (κ2) is 8.60. The van der Waals surface area contributed by atoms with Crippen LogP contribution in [-0.2, 0) is 6.18 Å². The van der Waals surface area contributed by atoms with Gasteiger partial charge < -0.3 is 10.1 Å². The minimum absolute atomic E-state index is 0.151. The molecular weight excluding hydrogens is 387 g/mol. The number of halogens is 3. The average molecular weight is 407 g/mol. The highest BCUT2D eigenvalue weighted by Gasteiger charge is 2.35. The molecule has 3 aromatic rings. The second-order valence-electron chi connectivity index (χ2n) is 6.17. The number of anilines is 2. The van der Waals surface area contributed by atoms with Crippen LogP contribution in [-0.4, -0.2) is 16.1 Å². The molecule has 0 aliphatic heterocycles. The van der Waals surface area contributed by atoms with Gasteiger partial charge in [0.05, 0.1) is 17.4 Å². The van der Waals surface area contributed by atoms with Crippen molar-refractivity contribution >= 4 is 22.2 Å². The van der Waals surface area contributed by atoms with Gasteiger partial charge in [0, 0.05) is 29.0 Å². The fraction of sp³-hybridized carbons (Fsp3) is 0.300. The average Bonchev–Trinajstić information content (AvgIpc) is 3.15. The lowest BCUT2D eigenvalue weighted by Gasteiger charge is -2.20. The molecule has 0 atom stereocenters. The Morgan fingerprint density at radius 3 is 2.61 bits per heavy atom. The van der Waals surface area contributed by atoms with Crippen molar-refractivity contribution in [1.82, 2.24) is 9.97 Å². The van der Waals surface area contributed by atoms with Gasteiger partial charge in [0.25, 0.3) is 0 Å². The molecule has 148 valence electrons. The Morgan fingerprint density at radius 1 is 1.18 bits per heavy atom. The van der Waals surface area contributed by atoms with Gasteiger partial charge in [-0.1, -0.05) is 13.8 Å². The molecule has 0 saturated heterocycles. The number of alkyl halides is 3. The first-order chi connectivity index (χ1) is 13.4. The summed E-state index contributed by atoms with van der Waals surface area (Å²) < 4.78 is 46.1. The highest BCUT2D eigenvalue weighted by Crippen LogP contribution is 2.39. The molecule has 2 aromatic heterocycles. The van der Waals surface area contributed by atoms with Crippen LogP contribution < -0.4 is 10.1 Å². The largest absolute Gasteiger partial charge is 0.490 e. The third-order valence-electron chi connectivity index (χ3n) is 4.20. The molecule has 0 radical (unpaired) electrons. The lowest BCUT2D eigenvalue weighted by Crippen LogP contribution is -2.17. The van der Waals surface area contributed by atoms with Crippen LogP contribution >= 0.6 is 11.3 Å². The van der Waals surface area contributed by atoms with Crippen LogP contribution in [0, 0.1) is 0 Å². The molecule has 0 bridgehead atoms. The molecule has 0 fully saturated rings. The van der Waals surface area contributed by atoms with Gasteiger partial charge in [-0.3, -0.25) is 4.98 Å². The Balaban J connectivity index is 1.84. The Hall–Kier alpha value is -2.61. The van der Waals surface area contributed by atoms with Crippen molar-refractivity contribution in [2.75, 3.05) is 5.32 Å². The quantitative estimate of drug-likeness (QED) is 0.483. The van der Waals surface area contributed by atoms with Crippen molar-refractivity contribution in [1.29, 1.82) is 0 Å². The van der Waals surface area contributed by atoms with E-state index in [4.69, 9.17) is 4.74 Å². The molecule has 3 rings (SSSR count). The van der Waals surface area contributed by atoms with E-state index in [0.717, 1.165) is 11.6 Å². The smallest absolute Gasteiger partial charge is 0.420 e.